The maximum Gasteiger partial charge on any atom is 0.416 e. The van der Waals surface area contributed by atoms with Gasteiger partial charge in [0.15, 0.2) is 0 Å². The van der Waals surface area contributed by atoms with Gasteiger partial charge in [-0.2, -0.15) is 13.2 Å². The van der Waals surface area contributed by atoms with Crippen LogP contribution in [-0.2, 0) is 17.4 Å². The number of alkyl halides is 3. The van der Waals surface area contributed by atoms with E-state index in [0.717, 1.165) is 6.07 Å². The number of hydrogen-bond donors (Lipinski definition) is 1. The van der Waals surface area contributed by atoms with Crippen molar-refractivity contribution in [2.75, 3.05) is 0 Å². The lowest BCUT2D eigenvalue weighted by molar-refractivity contribution is -0.137. The number of carbonyl (C=O) groups is 1. The summed E-state index contributed by atoms with van der Waals surface area (Å²) in [5.41, 5.74) is -0.569. The van der Waals surface area contributed by atoms with Crippen molar-refractivity contribution in [1.82, 2.24) is 0 Å². The Bertz CT molecular complexity index is 438. The molecule has 1 N–H and O–H groups in total. The quantitative estimate of drug-likeness (QED) is 0.898. The number of benzene rings is 1. The molecule has 0 bridgehead atoms. The molecule has 0 heterocycles. The summed E-state index contributed by atoms with van der Waals surface area (Å²) in [6.07, 6.45) is -3.72. The fraction of sp³-hybridized carbons (Fsp3) is 0.462. The van der Waals surface area contributed by atoms with E-state index in [-0.39, 0.29) is 18.1 Å². The first-order chi connectivity index (χ1) is 8.24. The fourth-order valence-electron chi connectivity index (χ4n) is 1.82. The molecule has 0 aliphatic carbocycles. The SMILES string of the molecule is CCC(Cc1cc(O)cc(C(F)(F)F)c1)C(C)=O. The molecular formula is C13H15F3O2. The van der Waals surface area contributed by atoms with Gasteiger partial charge >= 0.3 is 6.18 Å². The van der Waals surface area contributed by atoms with Gasteiger partial charge in [-0.3, -0.25) is 4.79 Å². The van der Waals surface area contributed by atoms with Crippen molar-refractivity contribution in [3.63, 3.8) is 0 Å². The van der Waals surface area contributed by atoms with Gasteiger partial charge in [0, 0.05) is 5.92 Å². The number of ketones is 1. The summed E-state index contributed by atoms with van der Waals surface area (Å²) in [7, 11) is 0. The predicted octanol–water partition coefficient (Wildman–Crippen LogP) is 3.57. The summed E-state index contributed by atoms with van der Waals surface area (Å²) in [4.78, 5) is 11.3. The van der Waals surface area contributed by atoms with E-state index in [1.807, 2.05) is 0 Å². The Morgan fingerprint density at radius 3 is 2.39 bits per heavy atom. The van der Waals surface area contributed by atoms with Crippen LogP contribution in [0.2, 0.25) is 0 Å². The van der Waals surface area contributed by atoms with Gasteiger partial charge in [0.25, 0.3) is 0 Å². The van der Waals surface area contributed by atoms with E-state index >= 15 is 0 Å². The summed E-state index contributed by atoms with van der Waals surface area (Å²) in [5, 5.41) is 9.30. The van der Waals surface area contributed by atoms with E-state index in [0.29, 0.717) is 18.1 Å². The minimum atomic E-state index is -4.49. The molecule has 0 fully saturated rings. The molecule has 0 radical (unpaired) electrons. The second-order valence-electron chi connectivity index (χ2n) is 4.31. The molecule has 1 rings (SSSR count). The molecule has 1 atom stereocenters. The van der Waals surface area contributed by atoms with Crippen LogP contribution in [0.5, 0.6) is 5.75 Å². The van der Waals surface area contributed by atoms with Gasteiger partial charge in [0.1, 0.15) is 11.5 Å². The first-order valence-electron chi connectivity index (χ1n) is 5.64. The number of carbonyl (C=O) groups excluding carboxylic acids is 1. The Labute approximate surface area is 103 Å². The summed E-state index contributed by atoms with van der Waals surface area (Å²) >= 11 is 0. The minimum absolute atomic E-state index is 0.0607. The monoisotopic (exact) mass is 260 g/mol. The molecule has 18 heavy (non-hydrogen) atoms. The second kappa shape index (κ2) is 5.42. The molecule has 2 nitrogen and oxygen atoms in total. The van der Waals surface area contributed by atoms with E-state index in [2.05, 4.69) is 0 Å². The summed E-state index contributed by atoms with van der Waals surface area (Å²) in [6.45, 7) is 3.22. The van der Waals surface area contributed by atoms with Gasteiger partial charge in [-0.05, 0) is 43.5 Å². The molecule has 0 aliphatic heterocycles. The van der Waals surface area contributed by atoms with Crippen LogP contribution in [0.4, 0.5) is 13.2 Å². The van der Waals surface area contributed by atoms with Gasteiger partial charge in [0.05, 0.1) is 5.56 Å². The van der Waals surface area contributed by atoms with Crippen LogP contribution in [0, 0.1) is 5.92 Å². The van der Waals surface area contributed by atoms with Crippen LogP contribution >= 0.6 is 0 Å². The number of aromatic hydroxyl groups is 1. The lowest BCUT2D eigenvalue weighted by Crippen LogP contribution is -2.13. The fourth-order valence-corrected chi connectivity index (χ4v) is 1.82. The highest BCUT2D eigenvalue weighted by molar-refractivity contribution is 5.78. The Kier molecular flexibility index (Phi) is 4.38. The molecule has 0 spiro atoms. The van der Waals surface area contributed by atoms with Crippen molar-refractivity contribution in [3.05, 3.63) is 29.3 Å². The van der Waals surface area contributed by atoms with Crippen LogP contribution in [0.25, 0.3) is 0 Å². The highest BCUT2D eigenvalue weighted by Crippen LogP contribution is 2.33. The summed E-state index contributed by atoms with van der Waals surface area (Å²) in [6, 6.07) is 2.92. The Hall–Kier alpha value is -1.52. The Balaban J connectivity index is 3.03. The lowest BCUT2D eigenvalue weighted by atomic mass is 9.92. The zero-order valence-electron chi connectivity index (χ0n) is 10.2. The van der Waals surface area contributed by atoms with Crippen LogP contribution in [0.1, 0.15) is 31.4 Å². The highest BCUT2D eigenvalue weighted by atomic mass is 19.4. The molecule has 100 valence electrons. The zero-order valence-corrected chi connectivity index (χ0v) is 10.2. The number of halogens is 3. The predicted molar refractivity (Wildman–Crippen MR) is 61.3 cm³/mol. The van der Waals surface area contributed by atoms with E-state index in [4.69, 9.17) is 0 Å². The van der Waals surface area contributed by atoms with Gasteiger partial charge in [-0.25, -0.2) is 0 Å². The van der Waals surface area contributed by atoms with Crippen LogP contribution in [0.3, 0.4) is 0 Å². The highest BCUT2D eigenvalue weighted by Gasteiger charge is 2.31. The standard InChI is InChI=1S/C13H15F3O2/c1-3-10(8(2)17)4-9-5-11(13(14,15)16)7-12(18)6-9/h5-7,10,18H,3-4H2,1-2H3. The van der Waals surface area contributed by atoms with E-state index in [9.17, 15) is 23.1 Å². The van der Waals surface area contributed by atoms with E-state index < -0.39 is 17.5 Å². The zero-order chi connectivity index (χ0) is 13.9. The van der Waals surface area contributed by atoms with E-state index in [1.54, 1.807) is 6.92 Å². The number of phenols is 1. The van der Waals surface area contributed by atoms with Crippen molar-refractivity contribution in [2.24, 2.45) is 5.92 Å². The molecule has 0 saturated heterocycles. The summed E-state index contributed by atoms with van der Waals surface area (Å²) < 4.78 is 37.6. The van der Waals surface area contributed by atoms with Crippen molar-refractivity contribution in [3.8, 4) is 5.75 Å². The third-order valence-corrected chi connectivity index (χ3v) is 2.85. The van der Waals surface area contributed by atoms with Crippen LogP contribution in [-0.4, -0.2) is 10.9 Å². The normalized spacial score (nSPS) is 13.4. The molecule has 1 aromatic rings. The number of phenolic OH excluding ortho intramolecular Hbond substituents is 1. The number of hydrogen-bond acceptors (Lipinski definition) is 2. The van der Waals surface area contributed by atoms with Gasteiger partial charge in [-0.1, -0.05) is 6.92 Å². The average Bonchev–Trinajstić information content (AvgIpc) is 2.23. The number of Topliss-reactive ketones (excluding diaryl/α,β-unsaturated/α-hetero) is 1. The van der Waals surface area contributed by atoms with Gasteiger partial charge < -0.3 is 5.11 Å². The number of rotatable bonds is 4. The largest absolute Gasteiger partial charge is 0.508 e. The average molecular weight is 260 g/mol. The molecule has 1 unspecified atom stereocenters. The molecule has 0 aliphatic rings. The topological polar surface area (TPSA) is 37.3 Å². The van der Waals surface area contributed by atoms with Gasteiger partial charge in [0.2, 0.25) is 0 Å². The molecule has 5 heteroatoms. The molecule has 1 aromatic carbocycles. The van der Waals surface area contributed by atoms with E-state index in [1.165, 1.54) is 13.0 Å². The van der Waals surface area contributed by atoms with Crippen molar-refractivity contribution >= 4 is 5.78 Å². The summed E-state index contributed by atoms with van der Waals surface area (Å²) in [5.74, 6) is -0.805. The molecule has 0 amide bonds. The lowest BCUT2D eigenvalue weighted by Gasteiger charge is -2.14. The van der Waals surface area contributed by atoms with Crippen molar-refractivity contribution in [1.29, 1.82) is 0 Å². The third-order valence-electron chi connectivity index (χ3n) is 2.85. The van der Waals surface area contributed by atoms with Crippen molar-refractivity contribution < 1.29 is 23.1 Å². The Morgan fingerprint density at radius 1 is 1.33 bits per heavy atom. The smallest absolute Gasteiger partial charge is 0.416 e. The maximum absolute atomic E-state index is 12.5. The molecule has 0 saturated carbocycles. The molecular weight excluding hydrogens is 245 g/mol. The maximum atomic E-state index is 12.5. The second-order valence-corrected chi connectivity index (χ2v) is 4.31. The van der Waals surface area contributed by atoms with Crippen LogP contribution in [0.15, 0.2) is 18.2 Å². The van der Waals surface area contributed by atoms with Gasteiger partial charge in [-0.15, -0.1) is 0 Å². The first-order valence-corrected chi connectivity index (χ1v) is 5.64. The minimum Gasteiger partial charge on any atom is -0.508 e. The first kappa shape index (κ1) is 14.5. The third kappa shape index (κ3) is 3.75. The molecule has 0 aromatic heterocycles. The van der Waals surface area contributed by atoms with Crippen molar-refractivity contribution in [2.45, 2.75) is 32.9 Å². The van der Waals surface area contributed by atoms with Crippen LogP contribution < -0.4 is 0 Å². The Morgan fingerprint density at radius 2 is 1.94 bits per heavy atom.